The van der Waals surface area contributed by atoms with E-state index < -0.39 is 24.5 Å². The fraction of sp³-hybridized carbons (Fsp3) is 0.655. The van der Waals surface area contributed by atoms with Crippen molar-refractivity contribution in [2.24, 2.45) is 21.3 Å². The summed E-state index contributed by atoms with van der Waals surface area (Å²) in [4.78, 5) is 22.0. The minimum Gasteiger partial charge on any atom is -0.387 e. The molecular weight excluding hydrogens is 524 g/mol. The standard InChI is InChI=1S/C29H42N8O4/c1-29(2,13-40-4)17-6-7-19-20(11-17)35-22(34-19)8-5-16-9-18(10-16)36(3)12-21-24(38)25(39)28(41-21)37-15-33-23-26(30)31-14-32-27(23)37/h6-7,11,14,16,18,20-21,24-25,28,33,38-39H,5,8-10,12-13,15H2,1-4H3,(H2,30,31,32)/t16?,18?,20?,21-,24-,25-,28-/m1/s1. The molecule has 5 N–H and O–H groups in total. The van der Waals surface area contributed by atoms with Gasteiger partial charge in [-0.2, -0.15) is 0 Å². The number of hydrogen-bond donors (Lipinski definition) is 4. The fourth-order valence-electron chi connectivity index (χ4n) is 6.57. The van der Waals surface area contributed by atoms with Gasteiger partial charge in [0, 0.05) is 31.5 Å². The second kappa shape index (κ2) is 11.1. The van der Waals surface area contributed by atoms with Gasteiger partial charge in [0.05, 0.1) is 19.0 Å². The van der Waals surface area contributed by atoms with E-state index in [0.29, 0.717) is 49.1 Å². The summed E-state index contributed by atoms with van der Waals surface area (Å²) in [5.41, 5.74) is 8.79. The molecule has 1 saturated carbocycles. The van der Waals surface area contributed by atoms with Crippen molar-refractivity contribution in [1.29, 1.82) is 0 Å². The second-order valence-electron chi connectivity index (χ2n) is 12.6. The van der Waals surface area contributed by atoms with Gasteiger partial charge < -0.3 is 40.5 Å². The molecule has 2 aliphatic carbocycles. The fourth-order valence-corrected chi connectivity index (χ4v) is 6.57. The van der Waals surface area contributed by atoms with Gasteiger partial charge in [0.2, 0.25) is 0 Å². The van der Waals surface area contributed by atoms with E-state index in [2.05, 4.69) is 59.3 Å². The molecule has 0 spiro atoms. The summed E-state index contributed by atoms with van der Waals surface area (Å²) >= 11 is 0. The Hall–Kier alpha value is -2.90. The normalized spacial score (nSPS) is 32.3. The van der Waals surface area contributed by atoms with Gasteiger partial charge in [-0.15, -0.1) is 0 Å². The monoisotopic (exact) mass is 566 g/mol. The molecule has 12 heteroatoms. The average molecular weight is 567 g/mol. The summed E-state index contributed by atoms with van der Waals surface area (Å²) in [6.45, 7) is 5.95. The summed E-state index contributed by atoms with van der Waals surface area (Å²) in [5.74, 6) is 2.49. The van der Waals surface area contributed by atoms with Crippen LogP contribution in [0.25, 0.3) is 0 Å². The Kier molecular flexibility index (Phi) is 7.62. The Morgan fingerprint density at radius 2 is 2.02 bits per heavy atom. The Balaban J connectivity index is 0.969. The summed E-state index contributed by atoms with van der Waals surface area (Å²) in [6, 6.07) is 0.442. The van der Waals surface area contributed by atoms with Crippen molar-refractivity contribution in [2.45, 2.75) is 76.2 Å². The number of nitrogens with one attached hydrogen (secondary N) is 1. The number of rotatable bonds is 10. The van der Waals surface area contributed by atoms with Crippen LogP contribution in [0.3, 0.4) is 0 Å². The molecule has 0 bridgehead atoms. The minimum absolute atomic E-state index is 0.0213. The predicted octanol–water partition coefficient (Wildman–Crippen LogP) is 1.58. The summed E-state index contributed by atoms with van der Waals surface area (Å²) < 4.78 is 11.6. The van der Waals surface area contributed by atoms with Crippen LogP contribution in [0.4, 0.5) is 17.3 Å². The molecule has 1 saturated heterocycles. The molecule has 12 nitrogen and oxygen atoms in total. The largest absolute Gasteiger partial charge is 0.387 e. The maximum Gasteiger partial charge on any atom is 0.162 e. The molecule has 3 aliphatic heterocycles. The summed E-state index contributed by atoms with van der Waals surface area (Å²) in [5, 5.41) is 24.8. The molecule has 4 heterocycles. The van der Waals surface area contributed by atoms with Gasteiger partial charge in [0.1, 0.15) is 42.2 Å². The van der Waals surface area contributed by atoms with Crippen molar-refractivity contribution in [1.82, 2.24) is 14.9 Å². The van der Waals surface area contributed by atoms with Crippen molar-refractivity contribution in [3.63, 3.8) is 0 Å². The maximum atomic E-state index is 10.8. The van der Waals surface area contributed by atoms with Crippen molar-refractivity contribution < 1.29 is 19.7 Å². The molecule has 1 unspecified atom stereocenters. The van der Waals surface area contributed by atoms with Gasteiger partial charge in [-0.3, -0.25) is 4.99 Å². The number of likely N-dealkylation sites (N-methyl/N-ethyl adjacent to an activating group) is 1. The zero-order valence-corrected chi connectivity index (χ0v) is 24.3. The molecule has 0 radical (unpaired) electrons. The number of aliphatic imine (C=N–C) groups is 2. The Labute approximate surface area is 241 Å². The lowest BCUT2D eigenvalue weighted by molar-refractivity contribution is -0.0256. The topological polar surface area (TPSA) is 154 Å². The molecule has 41 heavy (non-hydrogen) atoms. The molecule has 1 aromatic rings. The number of allylic oxidation sites excluding steroid dienone is 1. The van der Waals surface area contributed by atoms with E-state index in [1.165, 1.54) is 11.9 Å². The highest BCUT2D eigenvalue weighted by Gasteiger charge is 2.48. The Morgan fingerprint density at radius 3 is 2.80 bits per heavy atom. The summed E-state index contributed by atoms with van der Waals surface area (Å²) in [7, 11) is 3.80. The van der Waals surface area contributed by atoms with E-state index in [-0.39, 0.29) is 11.5 Å². The second-order valence-corrected chi connectivity index (χ2v) is 12.6. The van der Waals surface area contributed by atoms with Gasteiger partial charge >= 0.3 is 0 Å². The van der Waals surface area contributed by atoms with Crippen LogP contribution in [0.5, 0.6) is 0 Å². The smallest absolute Gasteiger partial charge is 0.162 e. The SMILES string of the molecule is COCC(C)(C)C1=CC2N=C(CCC3CC(N(C)C[C@H]4O[C@@H](N5CNc6c(N)ncnc65)[C@H](O)[C@@H]4O)C3)N=C2C=C1. The molecule has 5 atom stereocenters. The first-order valence-corrected chi connectivity index (χ1v) is 14.5. The van der Waals surface area contributed by atoms with Crippen LogP contribution in [0, 0.1) is 11.3 Å². The lowest BCUT2D eigenvalue weighted by Gasteiger charge is -2.42. The van der Waals surface area contributed by atoms with Crippen molar-refractivity contribution in [2.75, 3.05) is 49.9 Å². The van der Waals surface area contributed by atoms with Crippen LogP contribution in [0.1, 0.15) is 39.5 Å². The molecule has 0 aromatic carbocycles. The number of aliphatic hydroxyl groups is 2. The molecule has 1 aromatic heterocycles. The number of hydrogen-bond acceptors (Lipinski definition) is 12. The minimum atomic E-state index is -1.06. The highest BCUT2D eigenvalue weighted by atomic mass is 16.6. The number of anilines is 3. The zero-order chi connectivity index (χ0) is 28.9. The first kappa shape index (κ1) is 28.2. The van der Waals surface area contributed by atoms with Gasteiger partial charge in [0.25, 0.3) is 0 Å². The molecule has 0 amide bonds. The first-order chi connectivity index (χ1) is 19.6. The van der Waals surface area contributed by atoms with E-state index in [1.54, 1.807) is 12.0 Å². The van der Waals surface area contributed by atoms with Crippen LogP contribution in [-0.2, 0) is 9.47 Å². The third-order valence-electron chi connectivity index (χ3n) is 9.18. The molecule has 222 valence electrons. The molecule has 5 aliphatic rings. The van der Waals surface area contributed by atoms with Crippen LogP contribution in [0.15, 0.2) is 40.1 Å². The number of methoxy groups -OCH3 is 1. The quantitative estimate of drug-likeness (QED) is 0.328. The zero-order valence-electron chi connectivity index (χ0n) is 24.3. The molecular formula is C29H42N8O4. The number of aliphatic hydroxyl groups excluding tert-OH is 2. The number of aromatic nitrogens is 2. The predicted molar refractivity (Wildman–Crippen MR) is 158 cm³/mol. The van der Waals surface area contributed by atoms with Crippen LogP contribution in [0.2, 0.25) is 0 Å². The van der Waals surface area contributed by atoms with E-state index >= 15 is 0 Å². The third kappa shape index (κ3) is 5.39. The summed E-state index contributed by atoms with van der Waals surface area (Å²) in [6.07, 6.45) is 8.72. The van der Waals surface area contributed by atoms with E-state index in [9.17, 15) is 10.2 Å². The number of nitrogen functional groups attached to an aromatic ring is 1. The van der Waals surface area contributed by atoms with Crippen molar-refractivity contribution in [3.05, 3.63) is 30.1 Å². The number of nitrogens with two attached hydrogens (primary N) is 1. The third-order valence-corrected chi connectivity index (χ3v) is 9.18. The Bertz CT molecular complexity index is 1270. The van der Waals surface area contributed by atoms with E-state index in [0.717, 1.165) is 37.2 Å². The van der Waals surface area contributed by atoms with E-state index in [1.807, 2.05) is 0 Å². The maximum absolute atomic E-state index is 10.8. The van der Waals surface area contributed by atoms with Crippen LogP contribution in [-0.4, -0.2) is 107 Å². The number of nitrogens with zero attached hydrogens (tertiary/aromatic N) is 6. The van der Waals surface area contributed by atoms with Gasteiger partial charge in [-0.1, -0.05) is 26.0 Å². The number of ether oxygens (including phenoxy) is 2. The van der Waals surface area contributed by atoms with Crippen molar-refractivity contribution in [3.8, 4) is 0 Å². The van der Waals surface area contributed by atoms with Crippen LogP contribution < -0.4 is 16.0 Å². The van der Waals surface area contributed by atoms with Gasteiger partial charge in [-0.25, -0.2) is 15.0 Å². The molecule has 6 rings (SSSR count). The van der Waals surface area contributed by atoms with E-state index in [4.69, 9.17) is 25.2 Å². The Morgan fingerprint density at radius 1 is 1.22 bits per heavy atom. The lowest BCUT2D eigenvalue weighted by Crippen LogP contribution is -2.47. The number of fused-ring (bicyclic) bond motifs is 2. The highest BCUT2D eigenvalue weighted by Crippen LogP contribution is 2.39. The highest BCUT2D eigenvalue weighted by molar-refractivity contribution is 6.13. The lowest BCUT2D eigenvalue weighted by atomic mass is 9.76. The number of amidine groups is 1. The van der Waals surface area contributed by atoms with Crippen molar-refractivity contribution >= 4 is 28.9 Å². The van der Waals surface area contributed by atoms with Crippen LogP contribution >= 0.6 is 0 Å². The molecule has 2 fully saturated rings. The first-order valence-electron chi connectivity index (χ1n) is 14.5. The van der Waals surface area contributed by atoms with Gasteiger partial charge in [0.15, 0.2) is 17.9 Å². The average Bonchev–Trinajstić information content (AvgIpc) is 3.60. The van der Waals surface area contributed by atoms with Gasteiger partial charge in [-0.05, 0) is 43.9 Å².